The lowest BCUT2D eigenvalue weighted by Gasteiger charge is -2.28. The van der Waals surface area contributed by atoms with Crippen molar-refractivity contribution in [1.29, 1.82) is 0 Å². The van der Waals surface area contributed by atoms with Crippen molar-refractivity contribution in [2.75, 3.05) is 12.3 Å². The van der Waals surface area contributed by atoms with Crippen LogP contribution in [0.2, 0.25) is 0 Å². The van der Waals surface area contributed by atoms with Crippen LogP contribution in [0.1, 0.15) is 36.0 Å². The van der Waals surface area contributed by atoms with E-state index < -0.39 is 0 Å². The normalized spacial score (nSPS) is 15.4. The molecule has 2 rings (SSSR count). The lowest BCUT2D eigenvalue weighted by molar-refractivity contribution is 0.0703. The molecule has 102 valence electrons. The van der Waals surface area contributed by atoms with Crippen LogP contribution >= 0.6 is 0 Å². The number of phenolic OH excluding ortho intramolecular Hbond substituents is 1. The molecule has 0 atom stereocenters. The molecule has 1 aromatic rings. The van der Waals surface area contributed by atoms with Crippen LogP contribution in [0.5, 0.6) is 5.75 Å². The minimum atomic E-state index is -0.170. The Morgan fingerprint density at radius 3 is 2.79 bits per heavy atom. The Bertz CT molecular complexity index is 479. The van der Waals surface area contributed by atoms with Crippen LogP contribution < -0.4 is 5.73 Å². The molecule has 0 spiro atoms. The number of hydrogen-bond donors (Lipinski definition) is 2. The number of rotatable bonds is 4. The monoisotopic (exact) mass is 260 g/mol. The van der Waals surface area contributed by atoms with Gasteiger partial charge in [0.15, 0.2) is 5.75 Å². The van der Waals surface area contributed by atoms with Gasteiger partial charge in [0.1, 0.15) is 0 Å². The maximum absolute atomic E-state index is 12.6. The lowest BCUT2D eigenvalue weighted by Crippen LogP contribution is -2.39. The highest BCUT2D eigenvalue weighted by Crippen LogP contribution is 2.29. The molecule has 0 radical (unpaired) electrons. The van der Waals surface area contributed by atoms with E-state index in [0.29, 0.717) is 6.54 Å². The van der Waals surface area contributed by atoms with Gasteiger partial charge in [-0.3, -0.25) is 4.79 Å². The third-order valence-electron chi connectivity index (χ3n) is 3.65. The van der Waals surface area contributed by atoms with Crippen molar-refractivity contribution in [2.45, 2.75) is 31.7 Å². The fourth-order valence-electron chi connectivity index (χ4n) is 2.64. The van der Waals surface area contributed by atoms with Crippen molar-refractivity contribution in [3.05, 3.63) is 36.4 Å². The Labute approximate surface area is 113 Å². The van der Waals surface area contributed by atoms with Gasteiger partial charge in [-0.15, -0.1) is 6.58 Å². The first-order valence-electron chi connectivity index (χ1n) is 6.64. The van der Waals surface area contributed by atoms with Crippen LogP contribution in [0.4, 0.5) is 5.69 Å². The van der Waals surface area contributed by atoms with Crippen molar-refractivity contribution >= 4 is 11.6 Å². The van der Waals surface area contributed by atoms with Gasteiger partial charge >= 0.3 is 0 Å². The van der Waals surface area contributed by atoms with Crippen LogP contribution in [-0.2, 0) is 0 Å². The molecule has 19 heavy (non-hydrogen) atoms. The smallest absolute Gasteiger partial charge is 0.258 e. The molecule has 0 saturated heterocycles. The molecular formula is C15H20N2O2. The highest BCUT2D eigenvalue weighted by Gasteiger charge is 2.28. The maximum atomic E-state index is 12.6. The van der Waals surface area contributed by atoms with Crippen LogP contribution in [0.3, 0.4) is 0 Å². The third-order valence-corrected chi connectivity index (χ3v) is 3.65. The Kier molecular flexibility index (Phi) is 4.10. The summed E-state index contributed by atoms with van der Waals surface area (Å²) in [4.78, 5) is 14.3. The van der Waals surface area contributed by atoms with Crippen molar-refractivity contribution in [3.8, 4) is 5.75 Å². The first-order valence-corrected chi connectivity index (χ1v) is 6.64. The van der Waals surface area contributed by atoms with Crippen LogP contribution in [-0.4, -0.2) is 28.5 Å². The predicted molar refractivity (Wildman–Crippen MR) is 76.0 cm³/mol. The van der Waals surface area contributed by atoms with Gasteiger partial charge in [-0.2, -0.15) is 0 Å². The SMILES string of the molecule is C=CCN(C(=O)c1cccc(N)c1O)C1CCCC1. The molecule has 4 heteroatoms. The second kappa shape index (κ2) is 5.78. The second-order valence-electron chi connectivity index (χ2n) is 4.93. The molecule has 1 aliphatic carbocycles. The first-order chi connectivity index (χ1) is 9.15. The van der Waals surface area contributed by atoms with E-state index in [1.165, 1.54) is 0 Å². The maximum Gasteiger partial charge on any atom is 0.258 e. The van der Waals surface area contributed by atoms with Gasteiger partial charge < -0.3 is 15.7 Å². The van der Waals surface area contributed by atoms with Gasteiger partial charge in [0, 0.05) is 12.6 Å². The summed E-state index contributed by atoms with van der Waals surface area (Å²) < 4.78 is 0. The van der Waals surface area contributed by atoms with Gasteiger partial charge in [-0.05, 0) is 25.0 Å². The van der Waals surface area contributed by atoms with Gasteiger partial charge in [-0.1, -0.05) is 25.0 Å². The number of phenols is 1. The van der Waals surface area contributed by atoms with Crippen molar-refractivity contribution < 1.29 is 9.90 Å². The number of nitrogens with zero attached hydrogens (tertiary/aromatic N) is 1. The third kappa shape index (κ3) is 2.72. The molecule has 0 bridgehead atoms. The molecule has 0 aliphatic heterocycles. The number of carbonyl (C=O) groups is 1. The summed E-state index contributed by atoms with van der Waals surface area (Å²) in [5.74, 6) is -0.295. The Hall–Kier alpha value is -1.97. The zero-order valence-corrected chi connectivity index (χ0v) is 11.0. The van der Waals surface area contributed by atoms with E-state index in [-0.39, 0.29) is 28.9 Å². The van der Waals surface area contributed by atoms with Crippen molar-refractivity contribution in [1.82, 2.24) is 4.90 Å². The summed E-state index contributed by atoms with van der Waals surface area (Å²) in [6, 6.07) is 5.12. The number of benzene rings is 1. The van der Waals surface area contributed by atoms with Crippen LogP contribution in [0.15, 0.2) is 30.9 Å². The Morgan fingerprint density at radius 2 is 2.16 bits per heavy atom. The largest absolute Gasteiger partial charge is 0.505 e. The van der Waals surface area contributed by atoms with E-state index in [2.05, 4.69) is 6.58 Å². The van der Waals surface area contributed by atoms with Gasteiger partial charge in [0.25, 0.3) is 5.91 Å². The number of para-hydroxylation sites is 1. The average molecular weight is 260 g/mol. The minimum Gasteiger partial charge on any atom is -0.505 e. The number of nitrogen functional groups attached to an aromatic ring is 1. The van der Waals surface area contributed by atoms with Gasteiger partial charge in [-0.25, -0.2) is 0 Å². The van der Waals surface area contributed by atoms with E-state index in [1.807, 2.05) is 0 Å². The van der Waals surface area contributed by atoms with Crippen molar-refractivity contribution in [2.24, 2.45) is 0 Å². The molecule has 0 unspecified atom stereocenters. The van der Waals surface area contributed by atoms with Gasteiger partial charge in [0.05, 0.1) is 11.3 Å². The van der Waals surface area contributed by atoms with E-state index in [4.69, 9.17) is 5.73 Å². The van der Waals surface area contributed by atoms with Crippen LogP contribution in [0, 0.1) is 0 Å². The fourth-order valence-corrected chi connectivity index (χ4v) is 2.64. The molecule has 1 amide bonds. The average Bonchev–Trinajstić information content (AvgIpc) is 2.92. The topological polar surface area (TPSA) is 66.6 Å². The number of aromatic hydroxyl groups is 1. The number of nitrogens with two attached hydrogens (primary N) is 1. The molecule has 0 aromatic heterocycles. The summed E-state index contributed by atoms with van der Waals surface area (Å²) >= 11 is 0. The number of amides is 1. The highest BCUT2D eigenvalue weighted by atomic mass is 16.3. The highest BCUT2D eigenvalue weighted by molar-refractivity contribution is 5.98. The zero-order valence-electron chi connectivity index (χ0n) is 11.0. The van der Waals surface area contributed by atoms with Crippen molar-refractivity contribution in [3.63, 3.8) is 0 Å². The summed E-state index contributed by atoms with van der Waals surface area (Å²) in [7, 11) is 0. The Morgan fingerprint density at radius 1 is 1.47 bits per heavy atom. The summed E-state index contributed by atoms with van der Waals surface area (Å²) in [6.07, 6.45) is 6.05. The van der Waals surface area contributed by atoms with E-state index >= 15 is 0 Å². The molecule has 4 nitrogen and oxygen atoms in total. The molecule has 1 saturated carbocycles. The first kappa shape index (κ1) is 13.5. The molecule has 0 heterocycles. The lowest BCUT2D eigenvalue weighted by atomic mass is 10.1. The van der Waals surface area contributed by atoms with Crippen LogP contribution in [0.25, 0.3) is 0 Å². The fraction of sp³-hybridized carbons (Fsp3) is 0.400. The van der Waals surface area contributed by atoms with E-state index in [9.17, 15) is 9.90 Å². The standard InChI is InChI=1S/C15H20N2O2/c1-2-10-17(11-6-3-4-7-11)15(19)12-8-5-9-13(16)14(12)18/h2,5,8-9,11,18H,1,3-4,6-7,10,16H2. The summed E-state index contributed by atoms with van der Waals surface area (Å²) in [6.45, 7) is 4.20. The van der Waals surface area contributed by atoms with E-state index in [0.717, 1.165) is 25.7 Å². The molecule has 3 N–H and O–H groups in total. The zero-order chi connectivity index (χ0) is 13.8. The number of anilines is 1. The second-order valence-corrected chi connectivity index (χ2v) is 4.93. The van der Waals surface area contributed by atoms with Gasteiger partial charge in [0.2, 0.25) is 0 Å². The summed E-state index contributed by atoms with van der Waals surface area (Å²) in [5, 5.41) is 9.93. The molecule has 1 fully saturated rings. The molecule has 1 aliphatic rings. The predicted octanol–water partition coefficient (Wildman–Crippen LogP) is 2.55. The number of hydrogen-bond acceptors (Lipinski definition) is 3. The molecular weight excluding hydrogens is 240 g/mol. The quantitative estimate of drug-likeness (QED) is 0.496. The summed E-state index contributed by atoms with van der Waals surface area (Å²) in [5.41, 5.74) is 6.15. The minimum absolute atomic E-state index is 0.125. The van der Waals surface area contributed by atoms with E-state index in [1.54, 1.807) is 29.2 Å². The molecule has 1 aromatic carbocycles. The Balaban J connectivity index is 2.28. The number of carbonyl (C=O) groups excluding carboxylic acids is 1.